The molecule has 2 N–H and O–H groups in total. The summed E-state index contributed by atoms with van der Waals surface area (Å²) in [5.74, 6) is 5.43. The van der Waals surface area contributed by atoms with E-state index in [0.29, 0.717) is 5.92 Å². The van der Waals surface area contributed by atoms with E-state index in [1.54, 1.807) is 0 Å². The van der Waals surface area contributed by atoms with Crippen molar-refractivity contribution in [3.05, 3.63) is 11.3 Å². The minimum Gasteiger partial charge on any atom is -0.384 e. The zero-order valence-electron chi connectivity index (χ0n) is 11.4. The molecule has 4 saturated carbocycles. The lowest BCUT2D eigenvalue weighted by molar-refractivity contribution is -0.00449. The van der Waals surface area contributed by atoms with Gasteiger partial charge in [-0.25, -0.2) is 0 Å². The second-order valence-corrected chi connectivity index (χ2v) is 6.98. The third-order valence-electron chi connectivity index (χ3n) is 5.92. The van der Waals surface area contributed by atoms with Crippen LogP contribution in [0.15, 0.2) is 0 Å². The Morgan fingerprint density at radius 2 is 1.61 bits per heavy atom. The molecule has 0 aromatic carbocycles. The Labute approximate surface area is 109 Å². The van der Waals surface area contributed by atoms with Crippen LogP contribution in [0.5, 0.6) is 0 Å². The summed E-state index contributed by atoms with van der Waals surface area (Å²) in [7, 11) is 1.97. The Morgan fingerprint density at radius 3 is 2.06 bits per heavy atom. The minimum absolute atomic E-state index is 0.710. The monoisotopic (exact) mass is 245 g/mol. The van der Waals surface area contributed by atoms with Crippen molar-refractivity contribution in [2.75, 3.05) is 5.73 Å². The highest BCUT2D eigenvalue weighted by Crippen LogP contribution is 2.60. The predicted octanol–water partition coefficient (Wildman–Crippen LogP) is 2.85. The first-order valence-corrected chi connectivity index (χ1v) is 7.42. The van der Waals surface area contributed by atoms with E-state index in [-0.39, 0.29) is 0 Å². The van der Waals surface area contributed by atoms with E-state index in [4.69, 9.17) is 10.8 Å². The number of aromatic nitrogens is 2. The van der Waals surface area contributed by atoms with Crippen LogP contribution in [0.3, 0.4) is 0 Å². The number of anilines is 1. The highest BCUT2D eigenvalue weighted by atomic mass is 15.3. The molecule has 3 heteroatoms. The van der Waals surface area contributed by atoms with E-state index >= 15 is 0 Å². The van der Waals surface area contributed by atoms with Gasteiger partial charge in [-0.2, -0.15) is 5.10 Å². The van der Waals surface area contributed by atoms with E-state index in [1.165, 1.54) is 43.4 Å². The van der Waals surface area contributed by atoms with Gasteiger partial charge in [0.2, 0.25) is 0 Å². The topological polar surface area (TPSA) is 43.8 Å². The second-order valence-electron chi connectivity index (χ2n) is 6.98. The van der Waals surface area contributed by atoms with Crippen molar-refractivity contribution in [2.24, 2.45) is 30.7 Å². The first kappa shape index (κ1) is 10.9. The summed E-state index contributed by atoms with van der Waals surface area (Å²) < 4.78 is 1.87. The van der Waals surface area contributed by atoms with Gasteiger partial charge in [0.15, 0.2) is 0 Å². The first-order chi connectivity index (χ1) is 8.63. The van der Waals surface area contributed by atoms with Gasteiger partial charge in [0, 0.05) is 18.5 Å². The van der Waals surface area contributed by atoms with Crippen LogP contribution in [-0.4, -0.2) is 9.78 Å². The second kappa shape index (κ2) is 3.52. The van der Waals surface area contributed by atoms with E-state index in [9.17, 15) is 0 Å². The summed E-state index contributed by atoms with van der Waals surface area (Å²) in [6.07, 6.45) is 7.32. The largest absolute Gasteiger partial charge is 0.384 e. The molecule has 0 saturated heterocycles. The number of nitrogen functional groups attached to an aromatic ring is 1. The van der Waals surface area contributed by atoms with Crippen LogP contribution < -0.4 is 5.73 Å². The number of nitrogens with zero attached hydrogens (tertiary/aromatic N) is 2. The fraction of sp³-hybridized carbons (Fsp3) is 0.800. The first-order valence-electron chi connectivity index (χ1n) is 7.42. The van der Waals surface area contributed by atoms with Crippen molar-refractivity contribution < 1.29 is 0 Å². The zero-order chi connectivity index (χ0) is 12.4. The lowest BCUT2D eigenvalue weighted by atomic mass is 9.51. The van der Waals surface area contributed by atoms with Gasteiger partial charge in [0.25, 0.3) is 0 Å². The molecule has 18 heavy (non-hydrogen) atoms. The molecule has 3 nitrogen and oxygen atoms in total. The van der Waals surface area contributed by atoms with Gasteiger partial charge in [-0.05, 0) is 62.7 Å². The average molecular weight is 245 g/mol. The summed E-state index contributed by atoms with van der Waals surface area (Å²) >= 11 is 0. The maximum atomic E-state index is 6.10. The molecule has 4 aliphatic carbocycles. The van der Waals surface area contributed by atoms with Gasteiger partial charge in [0.05, 0.1) is 5.69 Å². The van der Waals surface area contributed by atoms with E-state index in [1.807, 2.05) is 11.7 Å². The third-order valence-corrected chi connectivity index (χ3v) is 5.92. The molecular formula is C15H23N3. The zero-order valence-corrected chi connectivity index (χ0v) is 11.4. The normalized spacial score (nSPS) is 41.6. The van der Waals surface area contributed by atoms with Gasteiger partial charge in [-0.3, -0.25) is 4.68 Å². The smallest absolute Gasteiger partial charge is 0.124 e. The molecule has 0 unspecified atom stereocenters. The third kappa shape index (κ3) is 1.33. The van der Waals surface area contributed by atoms with Crippen LogP contribution in [0.2, 0.25) is 0 Å². The summed E-state index contributed by atoms with van der Waals surface area (Å²) in [6.45, 7) is 2.16. The van der Waals surface area contributed by atoms with Crippen LogP contribution in [-0.2, 0) is 7.05 Å². The fourth-order valence-electron chi connectivity index (χ4n) is 5.35. The van der Waals surface area contributed by atoms with E-state index in [0.717, 1.165) is 29.5 Å². The maximum absolute atomic E-state index is 6.10. The van der Waals surface area contributed by atoms with Crippen LogP contribution in [0.4, 0.5) is 5.82 Å². The van der Waals surface area contributed by atoms with Crippen molar-refractivity contribution in [1.82, 2.24) is 9.78 Å². The number of rotatable bonds is 1. The van der Waals surface area contributed by atoms with Crippen molar-refractivity contribution >= 4 is 5.82 Å². The Kier molecular flexibility index (Phi) is 2.13. The van der Waals surface area contributed by atoms with Crippen LogP contribution in [0, 0.1) is 30.6 Å². The highest BCUT2D eigenvalue weighted by molar-refractivity contribution is 5.44. The van der Waals surface area contributed by atoms with Gasteiger partial charge in [-0.1, -0.05) is 0 Å². The van der Waals surface area contributed by atoms with Crippen molar-refractivity contribution in [2.45, 2.75) is 44.9 Å². The van der Waals surface area contributed by atoms with Crippen molar-refractivity contribution in [1.29, 1.82) is 0 Å². The predicted molar refractivity (Wildman–Crippen MR) is 72.1 cm³/mol. The molecule has 4 fully saturated rings. The Morgan fingerprint density at radius 1 is 1.06 bits per heavy atom. The molecule has 0 atom stereocenters. The molecule has 98 valence electrons. The van der Waals surface area contributed by atoms with Gasteiger partial charge < -0.3 is 5.73 Å². The minimum atomic E-state index is 0.710. The lowest BCUT2D eigenvalue weighted by Crippen LogP contribution is -2.44. The SMILES string of the molecule is Cc1c(C2C3CC4CC(C3)CC2C4)nn(C)c1N. The van der Waals surface area contributed by atoms with E-state index < -0.39 is 0 Å². The van der Waals surface area contributed by atoms with Gasteiger partial charge in [0.1, 0.15) is 5.82 Å². The number of hydrogen-bond donors (Lipinski definition) is 1. The summed E-state index contributed by atoms with van der Waals surface area (Å²) in [6, 6.07) is 0. The molecule has 0 amide bonds. The van der Waals surface area contributed by atoms with Crippen LogP contribution >= 0.6 is 0 Å². The Hall–Kier alpha value is -0.990. The molecule has 4 aliphatic rings. The molecular weight excluding hydrogens is 222 g/mol. The summed E-state index contributed by atoms with van der Waals surface area (Å²) in [5.41, 5.74) is 8.66. The van der Waals surface area contributed by atoms with Crippen LogP contribution in [0.1, 0.15) is 49.3 Å². The number of nitrogens with two attached hydrogens (primary N) is 1. The summed E-state index contributed by atoms with van der Waals surface area (Å²) in [4.78, 5) is 0. The molecule has 1 aromatic rings. The number of hydrogen-bond acceptors (Lipinski definition) is 2. The molecule has 0 radical (unpaired) electrons. The van der Waals surface area contributed by atoms with Crippen molar-refractivity contribution in [3.63, 3.8) is 0 Å². The van der Waals surface area contributed by atoms with Crippen molar-refractivity contribution in [3.8, 4) is 0 Å². The molecule has 1 heterocycles. The molecule has 4 bridgehead atoms. The molecule has 5 rings (SSSR count). The Bertz CT molecular complexity index is 460. The number of aryl methyl sites for hydroxylation is 1. The lowest BCUT2D eigenvalue weighted by Gasteiger charge is -2.54. The molecule has 1 aromatic heterocycles. The summed E-state index contributed by atoms with van der Waals surface area (Å²) in [5, 5.41) is 4.75. The standard InChI is InChI=1S/C15H23N3/c1-8-14(17-18(2)15(8)16)13-11-4-9-3-10(6-11)7-12(13)5-9/h9-13H,3-7,16H2,1-2H3. The van der Waals surface area contributed by atoms with E-state index in [2.05, 4.69) is 6.92 Å². The fourth-order valence-corrected chi connectivity index (χ4v) is 5.35. The maximum Gasteiger partial charge on any atom is 0.124 e. The quantitative estimate of drug-likeness (QED) is 0.826. The molecule has 0 aliphatic heterocycles. The van der Waals surface area contributed by atoms with Gasteiger partial charge in [-0.15, -0.1) is 0 Å². The highest BCUT2D eigenvalue weighted by Gasteiger charge is 2.49. The molecule has 0 spiro atoms. The van der Waals surface area contributed by atoms with Crippen LogP contribution in [0.25, 0.3) is 0 Å². The van der Waals surface area contributed by atoms with Gasteiger partial charge >= 0.3 is 0 Å². The average Bonchev–Trinajstić information content (AvgIpc) is 2.56. The Balaban J connectivity index is 1.74.